The van der Waals surface area contributed by atoms with Gasteiger partial charge in [0, 0.05) is 6.92 Å². The van der Waals surface area contributed by atoms with Gasteiger partial charge in [-0.1, -0.05) is 22.8 Å². The topological polar surface area (TPSA) is 103 Å². The standard InChI is InChI=1S/C18H16ClN5O3/c1-10-14-13(16-21-17(27-22-16)18(25)7-2-3-8-18)20-9-23(14)12-6-4-5-11(19)15(12)24(10)26/h4-6,9,25H,2-3,7-8H2,1H3. The van der Waals surface area contributed by atoms with Gasteiger partial charge in [-0.2, -0.15) is 9.71 Å². The first-order chi connectivity index (χ1) is 13.0. The highest BCUT2D eigenvalue weighted by molar-refractivity contribution is 6.34. The number of aromatic nitrogens is 5. The normalized spacial score (nSPS) is 16.6. The second-order valence-electron chi connectivity index (χ2n) is 6.96. The zero-order valence-corrected chi connectivity index (χ0v) is 15.3. The second-order valence-corrected chi connectivity index (χ2v) is 7.37. The van der Waals surface area contributed by atoms with E-state index >= 15 is 0 Å². The summed E-state index contributed by atoms with van der Waals surface area (Å²) in [5, 5.41) is 27.8. The molecule has 8 nitrogen and oxygen atoms in total. The minimum Gasteiger partial charge on any atom is -0.618 e. The fourth-order valence-electron chi connectivity index (χ4n) is 3.89. The summed E-state index contributed by atoms with van der Waals surface area (Å²) in [4.78, 5) is 8.80. The van der Waals surface area contributed by atoms with Crippen molar-refractivity contribution < 1.29 is 14.4 Å². The SMILES string of the molecule is Cc1c2c(-c3noc(C4(O)CCCC4)n3)ncn2c2cccc(Cl)c2[n+]1[O-]. The zero-order valence-electron chi connectivity index (χ0n) is 14.5. The number of hydrogen-bond acceptors (Lipinski definition) is 6. The van der Waals surface area contributed by atoms with E-state index in [4.69, 9.17) is 16.1 Å². The van der Waals surface area contributed by atoms with Crippen LogP contribution in [-0.2, 0) is 5.60 Å². The Balaban J connectivity index is 1.74. The molecule has 1 aromatic carbocycles. The minimum absolute atomic E-state index is 0.202. The zero-order chi connectivity index (χ0) is 18.8. The quantitative estimate of drug-likeness (QED) is 0.420. The molecule has 9 heteroatoms. The summed E-state index contributed by atoms with van der Waals surface area (Å²) in [6.45, 7) is 1.70. The predicted molar refractivity (Wildman–Crippen MR) is 97.1 cm³/mol. The lowest BCUT2D eigenvalue weighted by atomic mass is 10.0. The fraction of sp³-hybridized carbons (Fsp3) is 0.333. The molecule has 0 spiro atoms. The van der Waals surface area contributed by atoms with Crippen LogP contribution in [-0.4, -0.2) is 24.6 Å². The molecule has 1 N–H and O–H groups in total. The Morgan fingerprint density at radius 2 is 2.11 bits per heavy atom. The van der Waals surface area contributed by atoms with E-state index in [0.29, 0.717) is 45.8 Å². The van der Waals surface area contributed by atoms with Crippen molar-refractivity contribution in [3.05, 3.63) is 46.3 Å². The molecule has 0 aliphatic heterocycles. The second kappa shape index (κ2) is 5.64. The van der Waals surface area contributed by atoms with Crippen LogP contribution in [0.25, 0.3) is 28.1 Å². The van der Waals surface area contributed by atoms with E-state index < -0.39 is 5.60 Å². The molecule has 0 amide bonds. The number of halogens is 1. The maximum Gasteiger partial charge on any atom is 0.259 e. The Morgan fingerprint density at radius 3 is 2.89 bits per heavy atom. The number of rotatable bonds is 2. The number of nitrogens with zero attached hydrogens (tertiary/aromatic N) is 5. The van der Waals surface area contributed by atoms with Crippen LogP contribution in [0.5, 0.6) is 0 Å². The number of fused-ring (bicyclic) bond motifs is 3. The number of para-hydroxylation sites is 1. The Morgan fingerprint density at radius 1 is 1.33 bits per heavy atom. The Labute approximate surface area is 158 Å². The van der Waals surface area contributed by atoms with Gasteiger partial charge in [0.05, 0.1) is 0 Å². The monoisotopic (exact) mass is 385 g/mol. The van der Waals surface area contributed by atoms with Gasteiger partial charge in [-0.05, 0) is 37.8 Å². The van der Waals surface area contributed by atoms with Crippen LogP contribution in [0.15, 0.2) is 29.0 Å². The largest absolute Gasteiger partial charge is 0.618 e. The molecular weight excluding hydrogens is 370 g/mol. The van der Waals surface area contributed by atoms with Crippen molar-refractivity contribution in [2.24, 2.45) is 0 Å². The third-order valence-electron chi connectivity index (χ3n) is 5.31. The molecular formula is C18H16ClN5O3. The lowest BCUT2D eigenvalue weighted by molar-refractivity contribution is -0.583. The molecule has 0 unspecified atom stereocenters. The highest BCUT2D eigenvalue weighted by Crippen LogP contribution is 2.38. The average Bonchev–Trinajstić information content (AvgIpc) is 3.38. The van der Waals surface area contributed by atoms with Crippen molar-refractivity contribution in [1.82, 2.24) is 19.5 Å². The van der Waals surface area contributed by atoms with E-state index in [9.17, 15) is 10.3 Å². The summed E-state index contributed by atoms with van der Waals surface area (Å²) < 4.78 is 7.92. The van der Waals surface area contributed by atoms with Crippen molar-refractivity contribution >= 4 is 28.2 Å². The van der Waals surface area contributed by atoms with Crippen LogP contribution in [0.4, 0.5) is 0 Å². The maximum atomic E-state index is 12.8. The number of imidazole rings is 1. The molecule has 1 aliphatic rings. The first-order valence-corrected chi connectivity index (χ1v) is 9.12. The fourth-order valence-corrected chi connectivity index (χ4v) is 4.13. The number of aryl methyl sites for hydroxylation is 1. The highest BCUT2D eigenvalue weighted by Gasteiger charge is 2.39. The van der Waals surface area contributed by atoms with Crippen LogP contribution >= 0.6 is 11.6 Å². The van der Waals surface area contributed by atoms with E-state index in [1.54, 1.807) is 35.9 Å². The van der Waals surface area contributed by atoms with Gasteiger partial charge >= 0.3 is 0 Å². The smallest absolute Gasteiger partial charge is 0.259 e. The van der Waals surface area contributed by atoms with Gasteiger partial charge < -0.3 is 14.8 Å². The Bertz CT molecular complexity index is 1190. The van der Waals surface area contributed by atoms with Gasteiger partial charge in [-0.25, -0.2) is 4.98 Å². The average molecular weight is 386 g/mol. The molecule has 1 saturated carbocycles. The molecule has 4 aromatic rings. The molecule has 138 valence electrons. The Kier molecular flexibility index (Phi) is 3.44. The van der Waals surface area contributed by atoms with E-state index in [2.05, 4.69) is 15.1 Å². The van der Waals surface area contributed by atoms with Gasteiger partial charge in [-0.15, -0.1) is 0 Å². The molecule has 0 saturated heterocycles. The summed E-state index contributed by atoms with van der Waals surface area (Å²) >= 11 is 6.23. The van der Waals surface area contributed by atoms with Crippen molar-refractivity contribution in [3.8, 4) is 11.5 Å². The van der Waals surface area contributed by atoms with Crippen molar-refractivity contribution in [1.29, 1.82) is 0 Å². The van der Waals surface area contributed by atoms with Crippen molar-refractivity contribution in [3.63, 3.8) is 0 Å². The number of benzene rings is 1. The van der Waals surface area contributed by atoms with Crippen LogP contribution in [0.2, 0.25) is 5.02 Å². The van der Waals surface area contributed by atoms with Gasteiger partial charge in [0.2, 0.25) is 11.5 Å². The number of aliphatic hydroxyl groups is 1. The predicted octanol–water partition coefficient (Wildman–Crippen LogP) is 2.89. The molecule has 0 atom stereocenters. The molecule has 27 heavy (non-hydrogen) atoms. The van der Waals surface area contributed by atoms with E-state index in [-0.39, 0.29) is 11.7 Å². The first-order valence-electron chi connectivity index (χ1n) is 8.74. The molecule has 3 aromatic heterocycles. The summed E-state index contributed by atoms with van der Waals surface area (Å²) in [7, 11) is 0. The molecule has 1 aliphatic carbocycles. The van der Waals surface area contributed by atoms with Gasteiger partial charge in [0.15, 0.2) is 0 Å². The molecule has 5 rings (SSSR count). The van der Waals surface area contributed by atoms with Gasteiger partial charge in [0.25, 0.3) is 11.4 Å². The summed E-state index contributed by atoms with van der Waals surface area (Å²) in [6, 6.07) is 5.26. The lowest BCUT2D eigenvalue weighted by Gasteiger charge is -2.15. The van der Waals surface area contributed by atoms with Crippen LogP contribution < -0.4 is 4.73 Å². The minimum atomic E-state index is -1.07. The van der Waals surface area contributed by atoms with Crippen LogP contribution in [0, 0.1) is 12.1 Å². The van der Waals surface area contributed by atoms with Gasteiger partial charge in [-0.3, -0.25) is 4.40 Å². The highest BCUT2D eigenvalue weighted by atomic mass is 35.5. The number of hydrogen-bond donors (Lipinski definition) is 1. The first kappa shape index (κ1) is 16.5. The van der Waals surface area contributed by atoms with E-state index in [1.165, 1.54) is 0 Å². The van der Waals surface area contributed by atoms with E-state index in [1.807, 2.05) is 0 Å². The third kappa shape index (κ3) is 2.26. The van der Waals surface area contributed by atoms with Crippen LogP contribution in [0.1, 0.15) is 37.3 Å². The molecule has 0 radical (unpaired) electrons. The molecule has 1 fully saturated rings. The summed E-state index contributed by atoms with van der Waals surface area (Å²) in [5.74, 6) is 0.449. The summed E-state index contributed by atoms with van der Waals surface area (Å²) in [5.41, 5.74) is 1.36. The van der Waals surface area contributed by atoms with Gasteiger partial charge in [0.1, 0.15) is 33.7 Å². The Hall–Kier alpha value is -2.71. The molecule has 3 heterocycles. The summed E-state index contributed by atoms with van der Waals surface area (Å²) in [6.07, 6.45) is 4.65. The lowest BCUT2D eigenvalue weighted by Crippen LogP contribution is -2.32. The van der Waals surface area contributed by atoms with Crippen molar-refractivity contribution in [2.75, 3.05) is 0 Å². The third-order valence-corrected chi connectivity index (χ3v) is 5.61. The van der Waals surface area contributed by atoms with E-state index in [0.717, 1.165) is 17.6 Å². The van der Waals surface area contributed by atoms with Crippen molar-refractivity contribution in [2.45, 2.75) is 38.2 Å². The van der Waals surface area contributed by atoms with Crippen LogP contribution in [0.3, 0.4) is 0 Å². The molecule has 0 bridgehead atoms. The maximum absolute atomic E-state index is 12.8.